The molecular formula is C38H36Br4Cu2N4O10. The van der Waals surface area contributed by atoms with Crippen molar-refractivity contribution in [3.63, 3.8) is 0 Å². The van der Waals surface area contributed by atoms with Crippen LogP contribution in [0.3, 0.4) is 0 Å². The summed E-state index contributed by atoms with van der Waals surface area (Å²) < 4.78 is 2.07. The molecule has 4 aromatic rings. The van der Waals surface area contributed by atoms with Gasteiger partial charge in [0.2, 0.25) is 12.8 Å². The van der Waals surface area contributed by atoms with Crippen LogP contribution in [0, 0.1) is 0 Å². The second-order valence-corrected chi connectivity index (χ2v) is 15.3. The van der Waals surface area contributed by atoms with Gasteiger partial charge in [-0.3, -0.25) is 19.6 Å². The molecule has 0 aromatic heterocycles. The number of phenols is 2. The largest absolute Gasteiger partial charge is 2.00 e. The Balaban J connectivity index is 0. The van der Waals surface area contributed by atoms with Gasteiger partial charge in [0.25, 0.3) is 0 Å². The molecule has 4 rings (SSSR count). The Kier molecular flexibility index (Phi) is 28.6. The molecule has 0 aliphatic carbocycles. The number of rotatable bonds is 12. The summed E-state index contributed by atoms with van der Waals surface area (Å²) in [6.45, 7) is 0. The minimum Gasteiger partial charge on any atom is -0.871 e. The van der Waals surface area contributed by atoms with E-state index in [1.54, 1.807) is 76.7 Å². The molecule has 0 unspecified atom stereocenters. The van der Waals surface area contributed by atoms with Crippen LogP contribution in [0.15, 0.2) is 101 Å². The summed E-state index contributed by atoms with van der Waals surface area (Å²) in [6.07, 6.45) is 4.17. The maximum absolute atomic E-state index is 11.9. The molecule has 0 heterocycles. The van der Waals surface area contributed by atoms with Gasteiger partial charge in [0.1, 0.15) is 11.5 Å². The molecule has 4 aromatic carbocycles. The van der Waals surface area contributed by atoms with E-state index in [4.69, 9.17) is 0 Å². The summed E-state index contributed by atoms with van der Waals surface area (Å²) in [5.41, 5.74) is 1.91. The first-order valence-electron chi connectivity index (χ1n) is 15.9. The molecule has 318 valence electrons. The molecule has 0 bridgehead atoms. The van der Waals surface area contributed by atoms with E-state index in [2.05, 4.69) is 73.7 Å². The Hall–Kier alpha value is -3.74. The molecule has 0 spiro atoms. The minimum atomic E-state index is -1.34. The number of benzene rings is 4. The Labute approximate surface area is 390 Å². The molecule has 2 N–H and O–H groups in total. The number of phenolic OH excluding ortho intramolecular Hbond substituents is 2. The van der Waals surface area contributed by atoms with Crippen molar-refractivity contribution in [2.24, 2.45) is 9.98 Å². The molecule has 14 nitrogen and oxygen atoms in total. The van der Waals surface area contributed by atoms with Gasteiger partial charge in [-0.05, 0) is 70.8 Å². The Morgan fingerprint density at radius 2 is 0.897 bits per heavy atom. The van der Waals surface area contributed by atoms with E-state index >= 15 is 0 Å². The summed E-state index contributed by atoms with van der Waals surface area (Å²) in [5.74, 6) is -3.04. The first kappa shape index (κ1) is 56.4. The van der Waals surface area contributed by atoms with Crippen molar-refractivity contribution in [1.29, 1.82) is 0 Å². The zero-order chi connectivity index (χ0) is 42.5. The van der Waals surface area contributed by atoms with Crippen LogP contribution in [0.1, 0.15) is 22.3 Å². The average molecular weight is 1160 g/mol. The topological polar surface area (TPSA) is 232 Å². The standard InChI is InChI=1S/2C16H13Br2NO4.2C3H7NO.2Cu/c2*17-11-6-10(15(21)13(18)7-11)8-19-14(16(22)23)5-9-1-3-12(20)4-2-9;2*1-4(2)3-5;;/h2*1-4,6-8,14,20-21H,5H2,(H,22,23);2*3H,1-2H3;;/q;;;;2*+2/p-4/t2*14-;;;;/m00..../s1. The third kappa shape index (κ3) is 22.4. The van der Waals surface area contributed by atoms with Crippen molar-refractivity contribution >= 4 is 101 Å². The summed E-state index contributed by atoms with van der Waals surface area (Å²) in [4.78, 5) is 52.2. The fraction of sp³-hybridized carbons (Fsp3) is 0.211. The van der Waals surface area contributed by atoms with Crippen molar-refractivity contribution in [2.45, 2.75) is 24.9 Å². The van der Waals surface area contributed by atoms with E-state index in [0.29, 0.717) is 29.0 Å². The van der Waals surface area contributed by atoms with Crippen molar-refractivity contribution in [3.05, 3.63) is 113 Å². The smallest absolute Gasteiger partial charge is 0.871 e. The molecule has 2 radical (unpaired) electrons. The first-order chi connectivity index (χ1) is 26.3. The van der Waals surface area contributed by atoms with Crippen LogP contribution < -0.4 is 20.4 Å². The fourth-order valence-corrected chi connectivity index (χ4v) is 6.31. The number of carboxylic acids is 2. The van der Waals surface area contributed by atoms with Crippen LogP contribution in [0.2, 0.25) is 0 Å². The monoisotopic (exact) mass is 1150 g/mol. The molecule has 58 heavy (non-hydrogen) atoms. The molecule has 2 amide bonds. The van der Waals surface area contributed by atoms with Gasteiger partial charge in [0, 0.05) is 71.4 Å². The van der Waals surface area contributed by atoms with Crippen LogP contribution in [0.25, 0.3) is 0 Å². The second kappa shape index (κ2) is 29.5. The number of carbonyl (C=O) groups is 4. The van der Waals surface area contributed by atoms with E-state index < -0.39 is 24.0 Å². The molecular weight excluding hydrogens is 1120 g/mol. The zero-order valence-electron chi connectivity index (χ0n) is 30.9. The minimum absolute atomic E-state index is 0. The van der Waals surface area contributed by atoms with Gasteiger partial charge in [-0.25, -0.2) is 0 Å². The van der Waals surface area contributed by atoms with Gasteiger partial charge in [0.05, 0.1) is 24.0 Å². The number of carboxylic acid groups (broad SMARTS) is 2. The number of hydrogen-bond donors (Lipinski definition) is 2. The van der Waals surface area contributed by atoms with Gasteiger partial charge < -0.3 is 50.0 Å². The average Bonchev–Trinajstić information content (AvgIpc) is 3.14. The summed E-state index contributed by atoms with van der Waals surface area (Å²) in [7, 11) is 6.75. The zero-order valence-corrected chi connectivity index (χ0v) is 39.1. The van der Waals surface area contributed by atoms with Crippen LogP contribution in [-0.4, -0.2) is 97.5 Å². The third-order valence-electron chi connectivity index (χ3n) is 6.56. The van der Waals surface area contributed by atoms with E-state index in [-0.39, 0.29) is 81.1 Å². The van der Waals surface area contributed by atoms with Crippen LogP contribution in [0.5, 0.6) is 23.0 Å². The van der Waals surface area contributed by atoms with Gasteiger partial charge in [-0.1, -0.05) is 99.5 Å². The predicted molar refractivity (Wildman–Crippen MR) is 218 cm³/mol. The number of aliphatic imine (C=N–C) groups is 2. The molecule has 2 atom stereocenters. The normalized spacial score (nSPS) is 11.0. The Morgan fingerprint density at radius 3 is 1.14 bits per heavy atom. The van der Waals surface area contributed by atoms with E-state index in [0.717, 1.165) is 12.8 Å². The molecule has 0 saturated carbocycles. The summed E-state index contributed by atoms with van der Waals surface area (Å²) in [5, 5.41) is 64.8. The molecule has 0 aliphatic heterocycles. The van der Waals surface area contributed by atoms with Gasteiger partial charge in [-0.15, -0.1) is 0 Å². The van der Waals surface area contributed by atoms with E-state index in [9.17, 15) is 49.8 Å². The summed E-state index contributed by atoms with van der Waals surface area (Å²) in [6, 6.07) is 16.4. The van der Waals surface area contributed by atoms with E-state index in [1.165, 1.54) is 46.5 Å². The fourth-order valence-electron chi connectivity index (χ4n) is 3.80. The number of halogens is 4. The molecule has 0 fully saturated rings. The number of aromatic hydroxyl groups is 2. The predicted octanol–water partition coefficient (Wildman–Crippen LogP) is 2.95. The van der Waals surface area contributed by atoms with Crippen molar-refractivity contribution in [1.82, 2.24) is 9.80 Å². The van der Waals surface area contributed by atoms with Crippen molar-refractivity contribution < 1.29 is 84.0 Å². The molecule has 0 saturated heterocycles. The number of nitrogens with zero attached hydrogens (tertiary/aromatic N) is 4. The Morgan fingerprint density at radius 1 is 0.621 bits per heavy atom. The number of hydrogen-bond acceptors (Lipinski definition) is 12. The number of aliphatic carboxylic acids is 2. The van der Waals surface area contributed by atoms with Crippen LogP contribution in [0.4, 0.5) is 0 Å². The number of carbonyl (C=O) groups excluding carboxylic acids is 4. The molecule has 20 heteroatoms. The SMILES string of the molecule is CN(C)C=O.CN(C)C=O.O=C([O-])[C@H](Cc1ccc(O)cc1)N=Cc1cc(Br)cc(Br)c1[O-].O=C([O-])[C@H](Cc1ccc(O)cc1)N=Cc1cc(Br)cc(Br)c1[O-].[Cu+2].[Cu+2]. The van der Waals surface area contributed by atoms with Crippen LogP contribution in [-0.2, 0) is 66.2 Å². The quantitative estimate of drug-likeness (QED) is 0.120. The third-order valence-corrected chi connectivity index (χ3v) is 8.65. The van der Waals surface area contributed by atoms with Crippen molar-refractivity contribution in [2.75, 3.05) is 28.2 Å². The maximum atomic E-state index is 11.9. The van der Waals surface area contributed by atoms with E-state index in [1.807, 2.05) is 0 Å². The van der Waals surface area contributed by atoms with Gasteiger partial charge in [0.15, 0.2) is 0 Å². The second-order valence-electron chi connectivity index (χ2n) is 11.7. The van der Waals surface area contributed by atoms with Crippen molar-refractivity contribution in [3.8, 4) is 23.0 Å². The maximum Gasteiger partial charge on any atom is 2.00 e. The van der Waals surface area contributed by atoms with Crippen LogP contribution >= 0.6 is 63.7 Å². The van der Waals surface area contributed by atoms with Gasteiger partial charge >= 0.3 is 34.1 Å². The first-order valence-corrected chi connectivity index (χ1v) is 19.0. The number of amides is 2. The van der Waals surface area contributed by atoms with Gasteiger partial charge in [-0.2, -0.15) is 0 Å². The summed E-state index contributed by atoms with van der Waals surface area (Å²) >= 11 is 12.8. The Bertz CT molecular complexity index is 1830. The molecule has 0 aliphatic rings.